The number of hydrogen-bond donors (Lipinski definition) is 0. The van der Waals surface area contributed by atoms with Crippen LogP contribution in [-0.2, 0) is 14.3 Å². The van der Waals surface area contributed by atoms with Gasteiger partial charge in [0, 0.05) is 5.57 Å². The molecule has 0 heterocycles. The summed E-state index contributed by atoms with van der Waals surface area (Å²) in [6.45, 7) is 10.4. The Morgan fingerprint density at radius 2 is 1.32 bits per heavy atom. The average molecular weight is 310 g/mol. The van der Waals surface area contributed by atoms with Crippen LogP contribution in [0.3, 0.4) is 0 Å². The Hall–Kier alpha value is -1.25. The second kappa shape index (κ2) is 16.1. The van der Waals surface area contributed by atoms with Crippen molar-refractivity contribution >= 4 is 5.97 Å². The lowest BCUT2D eigenvalue weighted by Gasteiger charge is -2.05. The summed E-state index contributed by atoms with van der Waals surface area (Å²) in [4.78, 5) is 11.4. The van der Waals surface area contributed by atoms with Gasteiger partial charge in [-0.3, -0.25) is 0 Å². The van der Waals surface area contributed by atoms with Crippen molar-refractivity contribution in [3.8, 4) is 0 Å². The van der Waals surface area contributed by atoms with Crippen LogP contribution < -0.4 is 0 Å². The van der Waals surface area contributed by atoms with Crippen LogP contribution in [0.15, 0.2) is 25.0 Å². The molecule has 0 aromatic carbocycles. The largest absolute Gasteiger partial charge is 0.502 e. The number of carbonyl (C=O) groups is 1. The first kappa shape index (κ1) is 20.8. The molecule has 22 heavy (non-hydrogen) atoms. The molecule has 0 atom stereocenters. The van der Waals surface area contributed by atoms with E-state index in [1.54, 1.807) is 0 Å². The fourth-order valence-electron chi connectivity index (χ4n) is 2.20. The third kappa shape index (κ3) is 13.7. The number of carbonyl (C=O) groups excluding carboxylic acids is 1. The fourth-order valence-corrected chi connectivity index (χ4v) is 2.20. The van der Waals surface area contributed by atoms with E-state index in [4.69, 9.17) is 9.47 Å². The molecule has 0 aromatic rings. The van der Waals surface area contributed by atoms with Gasteiger partial charge in [0.25, 0.3) is 0 Å². The minimum Gasteiger partial charge on any atom is -0.502 e. The van der Waals surface area contributed by atoms with E-state index in [1.807, 2.05) is 6.92 Å². The Kier molecular flexibility index (Phi) is 15.2. The highest BCUT2D eigenvalue weighted by molar-refractivity contribution is 5.87. The fraction of sp³-hybridized carbons (Fsp3) is 0.737. The molecular weight excluding hydrogens is 276 g/mol. The summed E-state index contributed by atoms with van der Waals surface area (Å²) in [6, 6.07) is 0. The van der Waals surface area contributed by atoms with Crippen LogP contribution in [0.1, 0.15) is 77.6 Å². The lowest BCUT2D eigenvalue weighted by atomic mass is 10.1. The van der Waals surface area contributed by atoms with Gasteiger partial charge in [0.2, 0.25) is 0 Å². The van der Waals surface area contributed by atoms with Gasteiger partial charge in [-0.25, -0.2) is 4.79 Å². The van der Waals surface area contributed by atoms with Crippen molar-refractivity contribution in [3.63, 3.8) is 0 Å². The van der Waals surface area contributed by atoms with Crippen molar-refractivity contribution in [2.24, 2.45) is 0 Å². The van der Waals surface area contributed by atoms with E-state index in [9.17, 15) is 4.79 Å². The first-order valence-electron chi connectivity index (χ1n) is 8.79. The quantitative estimate of drug-likeness (QED) is 0.162. The Morgan fingerprint density at radius 3 is 1.77 bits per heavy atom. The van der Waals surface area contributed by atoms with Crippen molar-refractivity contribution in [2.45, 2.75) is 77.6 Å². The van der Waals surface area contributed by atoms with Gasteiger partial charge >= 0.3 is 5.97 Å². The van der Waals surface area contributed by atoms with Crippen LogP contribution in [-0.4, -0.2) is 19.2 Å². The molecule has 3 heteroatoms. The van der Waals surface area contributed by atoms with Crippen molar-refractivity contribution in [2.75, 3.05) is 13.2 Å². The molecule has 0 unspecified atom stereocenters. The van der Waals surface area contributed by atoms with Gasteiger partial charge in [-0.2, -0.15) is 0 Å². The summed E-state index contributed by atoms with van der Waals surface area (Å²) in [6.07, 6.45) is 14.5. The van der Waals surface area contributed by atoms with Crippen LogP contribution >= 0.6 is 0 Å². The van der Waals surface area contributed by atoms with Crippen LogP contribution in [0.4, 0.5) is 0 Å². The van der Waals surface area contributed by atoms with Gasteiger partial charge in [-0.1, -0.05) is 71.4 Å². The monoisotopic (exact) mass is 310 g/mol. The minimum atomic E-state index is -0.235. The summed E-state index contributed by atoms with van der Waals surface area (Å²) in [7, 11) is 0. The first-order valence-corrected chi connectivity index (χ1v) is 8.79. The molecule has 0 saturated carbocycles. The summed E-state index contributed by atoms with van der Waals surface area (Å²) < 4.78 is 10.2. The molecule has 0 spiro atoms. The highest BCUT2D eigenvalue weighted by Crippen LogP contribution is 2.11. The van der Waals surface area contributed by atoms with Crippen molar-refractivity contribution in [3.05, 3.63) is 25.0 Å². The maximum atomic E-state index is 11.4. The Balaban J connectivity index is 3.13. The van der Waals surface area contributed by atoms with Gasteiger partial charge in [0.05, 0.1) is 19.5 Å². The van der Waals surface area contributed by atoms with Gasteiger partial charge in [0.1, 0.15) is 0 Å². The molecule has 0 fully saturated rings. The molecule has 0 bridgehead atoms. The summed E-state index contributed by atoms with van der Waals surface area (Å²) in [5.41, 5.74) is 0.566. The molecule has 0 aliphatic heterocycles. The Labute approximate surface area is 136 Å². The molecule has 0 N–H and O–H groups in total. The zero-order valence-electron chi connectivity index (χ0n) is 14.4. The van der Waals surface area contributed by atoms with Crippen LogP contribution in [0.25, 0.3) is 0 Å². The maximum Gasteiger partial charge on any atom is 0.333 e. The molecule has 0 saturated heterocycles. The predicted octanol–water partition coefficient (Wildman–Crippen LogP) is 5.56. The third-order valence-electron chi connectivity index (χ3n) is 3.72. The number of hydrogen-bond acceptors (Lipinski definition) is 3. The van der Waals surface area contributed by atoms with E-state index in [0.717, 1.165) is 25.9 Å². The topological polar surface area (TPSA) is 35.5 Å². The van der Waals surface area contributed by atoms with E-state index in [-0.39, 0.29) is 5.97 Å². The van der Waals surface area contributed by atoms with Gasteiger partial charge in [0.15, 0.2) is 0 Å². The molecular formula is C19H34O3. The van der Waals surface area contributed by atoms with E-state index in [0.29, 0.717) is 18.6 Å². The number of unbranched alkanes of at least 4 members (excludes halogenated alkanes) is 9. The highest BCUT2D eigenvalue weighted by atomic mass is 16.5. The van der Waals surface area contributed by atoms with Gasteiger partial charge in [-0.05, 0) is 19.3 Å². The highest BCUT2D eigenvalue weighted by Gasteiger charge is 2.04. The summed E-state index contributed by atoms with van der Waals surface area (Å²) in [5, 5.41) is 0. The molecule has 0 aromatic heterocycles. The van der Waals surface area contributed by atoms with E-state index < -0.39 is 0 Å². The van der Waals surface area contributed by atoms with Crippen LogP contribution in [0.2, 0.25) is 0 Å². The lowest BCUT2D eigenvalue weighted by Crippen LogP contribution is -2.07. The second-order valence-corrected chi connectivity index (χ2v) is 5.67. The predicted molar refractivity (Wildman–Crippen MR) is 92.7 cm³/mol. The number of esters is 1. The smallest absolute Gasteiger partial charge is 0.333 e. The maximum absolute atomic E-state index is 11.4. The Morgan fingerprint density at radius 1 is 0.864 bits per heavy atom. The average Bonchev–Trinajstić information content (AvgIpc) is 2.54. The van der Waals surface area contributed by atoms with Crippen molar-refractivity contribution < 1.29 is 14.3 Å². The molecule has 0 radical (unpaired) electrons. The molecule has 3 nitrogen and oxygen atoms in total. The van der Waals surface area contributed by atoms with Crippen LogP contribution in [0.5, 0.6) is 0 Å². The zero-order valence-corrected chi connectivity index (χ0v) is 14.4. The lowest BCUT2D eigenvalue weighted by molar-refractivity contribution is -0.139. The van der Waals surface area contributed by atoms with Crippen molar-refractivity contribution in [1.82, 2.24) is 0 Å². The van der Waals surface area contributed by atoms with E-state index >= 15 is 0 Å². The number of rotatable bonds is 16. The minimum absolute atomic E-state index is 0.235. The van der Waals surface area contributed by atoms with Crippen molar-refractivity contribution in [1.29, 1.82) is 0 Å². The zero-order chi connectivity index (χ0) is 16.5. The molecule has 128 valence electrons. The summed E-state index contributed by atoms with van der Waals surface area (Å²) in [5.74, 6) is -0.235. The SMILES string of the molecule is C=COCCCCCCCCCCCCOC(=O)C(=C)CC. The molecule has 0 aliphatic rings. The van der Waals surface area contributed by atoms with E-state index in [2.05, 4.69) is 13.2 Å². The third-order valence-corrected chi connectivity index (χ3v) is 3.72. The van der Waals surface area contributed by atoms with Gasteiger partial charge < -0.3 is 9.47 Å². The standard InChI is InChI=1S/C19H34O3/c1-4-18(3)19(20)22-17-15-13-11-9-7-6-8-10-12-14-16-21-5-2/h5H,2-4,6-17H2,1H3. The Bertz CT molecular complexity index is 297. The second-order valence-electron chi connectivity index (χ2n) is 5.67. The molecule has 0 aliphatic carbocycles. The molecule has 0 rings (SSSR count). The number of ether oxygens (including phenoxy) is 2. The molecule has 0 amide bonds. The van der Waals surface area contributed by atoms with E-state index in [1.165, 1.54) is 51.2 Å². The van der Waals surface area contributed by atoms with Gasteiger partial charge in [-0.15, -0.1) is 0 Å². The normalized spacial score (nSPS) is 10.2. The van der Waals surface area contributed by atoms with Crippen LogP contribution in [0, 0.1) is 0 Å². The first-order chi connectivity index (χ1) is 10.7. The summed E-state index contributed by atoms with van der Waals surface area (Å²) >= 11 is 0.